The normalized spacial score (nSPS) is 17.2. The molecule has 11 heteroatoms. The fourth-order valence-electron chi connectivity index (χ4n) is 3.66. The Kier molecular flexibility index (Phi) is 7.82. The van der Waals surface area contributed by atoms with Gasteiger partial charge >= 0.3 is 0 Å². The Morgan fingerprint density at radius 2 is 1.85 bits per heavy atom. The van der Waals surface area contributed by atoms with Crippen LogP contribution in [0.1, 0.15) is 24.1 Å². The molecule has 1 fully saturated rings. The largest absolute Gasteiger partial charge is 0.507 e. The highest BCUT2D eigenvalue weighted by Gasteiger charge is 2.46. The standard InChI is InChI=1S/C23H24N2O9/c1-2-34-18-13-15(5-8-17(18)27)20-19(21(28)14-3-6-16(7-4-14)25(31)32)22(29)23(30)24(20)9-11-33-12-10-26/h3-8,13,20,26-28H,2,9-12H2,1H3/t20-/m0/s1. The smallest absolute Gasteiger partial charge is 0.295 e. The van der Waals surface area contributed by atoms with Crippen LogP contribution < -0.4 is 4.74 Å². The number of phenolic OH excluding ortho intramolecular Hbond substituents is 1. The van der Waals surface area contributed by atoms with Gasteiger partial charge in [0.1, 0.15) is 5.76 Å². The van der Waals surface area contributed by atoms with E-state index in [1.807, 2.05) is 0 Å². The number of nitro groups is 1. The van der Waals surface area contributed by atoms with E-state index in [1.165, 1.54) is 47.4 Å². The van der Waals surface area contributed by atoms with Crippen LogP contribution in [-0.4, -0.2) is 69.8 Å². The molecule has 1 atom stereocenters. The summed E-state index contributed by atoms with van der Waals surface area (Å²) < 4.78 is 10.7. The number of non-ortho nitro benzene ring substituents is 1. The number of hydrogen-bond donors (Lipinski definition) is 3. The van der Waals surface area contributed by atoms with E-state index in [4.69, 9.17) is 14.6 Å². The van der Waals surface area contributed by atoms with Crippen LogP contribution in [0.5, 0.6) is 11.5 Å². The number of phenols is 1. The molecule has 0 bridgehead atoms. The second-order valence-corrected chi connectivity index (χ2v) is 7.29. The molecular weight excluding hydrogens is 448 g/mol. The lowest BCUT2D eigenvalue weighted by molar-refractivity contribution is -0.384. The van der Waals surface area contributed by atoms with Gasteiger partial charge in [0.2, 0.25) is 0 Å². The maximum atomic E-state index is 13.0. The molecule has 1 aliphatic rings. The van der Waals surface area contributed by atoms with E-state index in [2.05, 4.69) is 0 Å². The van der Waals surface area contributed by atoms with Crippen LogP contribution in [-0.2, 0) is 14.3 Å². The maximum absolute atomic E-state index is 13.0. The van der Waals surface area contributed by atoms with Gasteiger partial charge in [0.05, 0.1) is 43.0 Å². The van der Waals surface area contributed by atoms with Gasteiger partial charge in [-0.05, 0) is 36.8 Å². The Hall–Kier alpha value is -3.96. The molecule has 34 heavy (non-hydrogen) atoms. The Bertz CT molecular complexity index is 1110. The Morgan fingerprint density at radius 3 is 2.47 bits per heavy atom. The Balaban J connectivity index is 2.11. The number of aliphatic hydroxyl groups is 2. The molecule has 3 rings (SSSR count). The number of aromatic hydroxyl groups is 1. The summed E-state index contributed by atoms with van der Waals surface area (Å²) in [5.41, 5.74) is 0.101. The van der Waals surface area contributed by atoms with Crippen LogP contribution in [0.4, 0.5) is 5.69 Å². The summed E-state index contributed by atoms with van der Waals surface area (Å²) in [6, 6.07) is 8.21. The van der Waals surface area contributed by atoms with E-state index < -0.39 is 28.4 Å². The van der Waals surface area contributed by atoms with E-state index in [1.54, 1.807) is 6.92 Å². The maximum Gasteiger partial charge on any atom is 0.295 e. The number of nitro benzene ring substituents is 1. The van der Waals surface area contributed by atoms with Crippen molar-refractivity contribution in [3.05, 3.63) is 69.3 Å². The van der Waals surface area contributed by atoms with Crippen molar-refractivity contribution in [3.8, 4) is 11.5 Å². The third-order valence-electron chi connectivity index (χ3n) is 5.20. The van der Waals surface area contributed by atoms with Crippen molar-refractivity contribution in [1.29, 1.82) is 0 Å². The first-order valence-electron chi connectivity index (χ1n) is 10.5. The number of rotatable bonds is 10. The number of ketones is 1. The fourth-order valence-corrected chi connectivity index (χ4v) is 3.66. The summed E-state index contributed by atoms with van der Waals surface area (Å²) in [6.45, 7) is 1.83. The van der Waals surface area contributed by atoms with Crippen molar-refractivity contribution in [1.82, 2.24) is 4.90 Å². The molecule has 0 unspecified atom stereocenters. The minimum Gasteiger partial charge on any atom is -0.507 e. The first-order chi connectivity index (χ1) is 16.3. The van der Waals surface area contributed by atoms with Crippen molar-refractivity contribution in [2.45, 2.75) is 13.0 Å². The van der Waals surface area contributed by atoms with Gasteiger partial charge in [-0.25, -0.2) is 0 Å². The summed E-state index contributed by atoms with van der Waals surface area (Å²) in [5.74, 6) is -2.30. The van der Waals surface area contributed by atoms with Crippen LogP contribution in [0.25, 0.3) is 5.76 Å². The van der Waals surface area contributed by atoms with Crippen molar-refractivity contribution >= 4 is 23.1 Å². The predicted molar refractivity (Wildman–Crippen MR) is 119 cm³/mol. The van der Waals surface area contributed by atoms with Gasteiger partial charge in [-0.1, -0.05) is 6.07 Å². The van der Waals surface area contributed by atoms with E-state index in [0.29, 0.717) is 5.56 Å². The van der Waals surface area contributed by atoms with Crippen LogP contribution in [0.2, 0.25) is 0 Å². The van der Waals surface area contributed by atoms with Gasteiger partial charge in [-0.15, -0.1) is 0 Å². The molecule has 0 saturated carbocycles. The summed E-state index contributed by atoms with van der Waals surface area (Å²) in [5, 5.41) is 40.9. The summed E-state index contributed by atoms with van der Waals surface area (Å²) >= 11 is 0. The molecular formula is C23H24N2O9. The molecule has 2 aromatic rings. The van der Waals surface area contributed by atoms with Crippen molar-refractivity contribution in [2.75, 3.05) is 33.0 Å². The van der Waals surface area contributed by atoms with Crippen molar-refractivity contribution in [2.24, 2.45) is 0 Å². The number of benzene rings is 2. The fraction of sp³-hybridized carbons (Fsp3) is 0.304. The second-order valence-electron chi connectivity index (χ2n) is 7.29. The lowest BCUT2D eigenvalue weighted by Crippen LogP contribution is -2.33. The zero-order chi connectivity index (χ0) is 24.8. The van der Waals surface area contributed by atoms with Crippen LogP contribution >= 0.6 is 0 Å². The van der Waals surface area contributed by atoms with Crippen molar-refractivity contribution in [3.63, 3.8) is 0 Å². The highest BCUT2D eigenvalue weighted by molar-refractivity contribution is 6.46. The average molecular weight is 472 g/mol. The number of amides is 1. The van der Waals surface area contributed by atoms with E-state index in [9.17, 15) is 29.9 Å². The number of carbonyl (C=O) groups is 2. The molecule has 2 aromatic carbocycles. The topological polar surface area (TPSA) is 160 Å². The first-order valence-corrected chi connectivity index (χ1v) is 10.5. The third-order valence-corrected chi connectivity index (χ3v) is 5.20. The molecule has 0 aromatic heterocycles. The number of carbonyl (C=O) groups excluding carboxylic acids is 2. The lowest BCUT2D eigenvalue weighted by Gasteiger charge is -2.25. The van der Waals surface area contributed by atoms with Gasteiger partial charge in [0, 0.05) is 24.2 Å². The molecule has 1 saturated heterocycles. The Morgan fingerprint density at radius 1 is 1.15 bits per heavy atom. The summed E-state index contributed by atoms with van der Waals surface area (Å²) in [6.07, 6.45) is 0. The molecule has 0 spiro atoms. The zero-order valence-electron chi connectivity index (χ0n) is 18.3. The van der Waals surface area contributed by atoms with E-state index in [0.717, 1.165) is 0 Å². The van der Waals surface area contributed by atoms with Gasteiger partial charge in [0.15, 0.2) is 11.5 Å². The number of hydrogen-bond acceptors (Lipinski definition) is 9. The zero-order valence-corrected chi connectivity index (χ0v) is 18.3. The van der Waals surface area contributed by atoms with Crippen LogP contribution in [0.15, 0.2) is 48.0 Å². The summed E-state index contributed by atoms with van der Waals surface area (Å²) in [7, 11) is 0. The number of Topliss-reactive ketones (excluding diaryl/α,β-unsaturated/α-hetero) is 1. The molecule has 3 N–H and O–H groups in total. The number of ether oxygens (including phenoxy) is 2. The molecule has 0 radical (unpaired) electrons. The highest BCUT2D eigenvalue weighted by atomic mass is 16.6. The highest BCUT2D eigenvalue weighted by Crippen LogP contribution is 2.41. The third kappa shape index (κ3) is 5.00. The molecule has 1 amide bonds. The SMILES string of the molecule is CCOc1cc([C@H]2C(=C(O)c3ccc([N+](=O)[O-])cc3)C(=O)C(=O)N2CCOCCO)ccc1O. The van der Waals surface area contributed by atoms with E-state index in [-0.39, 0.29) is 61.3 Å². The molecule has 1 aliphatic heterocycles. The quantitative estimate of drug-likeness (QED) is 0.118. The van der Waals surface area contributed by atoms with Crippen LogP contribution in [0, 0.1) is 10.1 Å². The minimum atomic E-state index is -1.03. The monoisotopic (exact) mass is 472 g/mol. The van der Waals surface area contributed by atoms with Crippen molar-refractivity contribution < 1.29 is 39.3 Å². The van der Waals surface area contributed by atoms with Gasteiger partial charge < -0.3 is 29.7 Å². The first kappa shape index (κ1) is 24.7. The minimum absolute atomic E-state index is 0.0167. The van der Waals surface area contributed by atoms with Gasteiger partial charge in [0.25, 0.3) is 17.4 Å². The van der Waals surface area contributed by atoms with Gasteiger partial charge in [-0.3, -0.25) is 19.7 Å². The predicted octanol–water partition coefficient (Wildman–Crippen LogP) is 2.13. The van der Waals surface area contributed by atoms with Gasteiger partial charge in [-0.2, -0.15) is 0 Å². The summed E-state index contributed by atoms with van der Waals surface area (Å²) in [4.78, 5) is 37.4. The Labute approximate surface area is 194 Å². The second kappa shape index (κ2) is 10.8. The van der Waals surface area contributed by atoms with Crippen LogP contribution in [0.3, 0.4) is 0 Å². The number of aliphatic hydroxyl groups excluding tert-OH is 2. The number of likely N-dealkylation sites (tertiary alicyclic amines) is 1. The lowest BCUT2D eigenvalue weighted by atomic mass is 9.95. The molecule has 180 valence electrons. The molecule has 1 heterocycles. The van der Waals surface area contributed by atoms with E-state index >= 15 is 0 Å². The molecule has 0 aliphatic carbocycles. The number of nitrogens with zero attached hydrogens (tertiary/aromatic N) is 2. The average Bonchev–Trinajstić information content (AvgIpc) is 3.08. The molecule has 11 nitrogen and oxygen atoms in total.